The predicted octanol–water partition coefficient (Wildman–Crippen LogP) is 4.59. The van der Waals surface area contributed by atoms with Crippen molar-refractivity contribution in [1.82, 2.24) is 14.5 Å². The maximum absolute atomic E-state index is 13.5. The average molecular weight is 542 g/mol. The van der Waals surface area contributed by atoms with E-state index >= 15 is 0 Å². The van der Waals surface area contributed by atoms with Crippen molar-refractivity contribution in [3.8, 4) is 0 Å². The zero-order valence-corrected chi connectivity index (χ0v) is 22.6. The molecule has 37 heavy (non-hydrogen) atoms. The smallest absolute Gasteiger partial charge is 0.243 e. The molecule has 196 valence electrons. The van der Waals surface area contributed by atoms with Gasteiger partial charge in [0.1, 0.15) is 6.04 Å². The molecule has 4 rings (SSSR count). The highest BCUT2D eigenvalue weighted by atomic mass is 35.5. The number of nitrogens with zero attached hydrogens (tertiary/aromatic N) is 2. The van der Waals surface area contributed by atoms with Crippen LogP contribution in [0, 0.1) is 0 Å². The van der Waals surface area contributed by atoms with Crippen LogP contribution in [-0.2, 0) is 26.2 Å². The Hall–Kier alpha value is -2.94. The first-order chi connectivity index (χ1) is 17.7. The van der Waals surface area contributed by atoms with E-state index in [0.717, 1.165) is 40.8 Å². The second-order valence-electron chi connectivity index (χ2n) is 9.55. The van der Waals surface area contributed by atoms with Gasteiger partial charge < -0.3 is 10.2 Å². The van der Waals surface area contributed by atoms with Gasteiger partial charge in [-0.1, -0.05) is 73.0 Å². The third-order valence-corrected chi connectivity index (χ3v) is 9.12. The van der Waals surface area contributed by atoms with Crippen molar-refractivity contribution in [1.29, 1.82) is 0 Å². The number of amides is 2. The number of halogens is 1. The van der Waals surface area contributed by atoms with Gasteiger partial charge in [-0.3, -0.25) is 9.59 Å². The molecule has 9 heteroatoms. The molecule has 0 spiro atoms. The summed E-state index contributed by atoms with van der Waals surface area (Å²) in [4.78, 5) is 28.1. The van der Waals surface area contributed by atoms with Gasteiger partial charge in [-0.05, 0) is 54.3 Å². The van der Waals surface area contributed by atoms with E-state index < -0.39 is 28.5 Å². The topological polar surface area (TPSA) is 86.8 Å². The van der Waals surface area contributed by atoms with Crippen molar-refractivity contribution in [3.63, 3.8) is 0 Å². The first kappa shape index (κ1) is 27.1. The molecule has 3 aromatic carbocycles. The molecule has 1 aliphatic carbocycles. The van der Waals surface area contributed by atoms with Gasteiger partial charge >= 0.3 is 0 Å². The SMILES string of the molecule is CC(C(=O)NC1CCCC1)N(Cc1ccccc1Cl)C(=O)CN(C)S(=O)(=O)c1ccc2ccccc2c1. The molecule has 0 aliphatic heterocycles. The second-order valence-corrected chi connectivity index (χ2v) is 12.0. The van der Waals surface area contributed by atoms with Gasteiger partial charge in [0, 0.05) is 24.7 Å². The van der Waals surface area contributed by atoms with Crippen LogP contribution in [0.5, 0.6) is 0 Å². The molecule has 2 amide bonds. The number of carbonyl (C=O) groups is 2. The van der Waals surface area contributed by atoms with E-state index in [0.29, 0.717) is 10.6 Å². The number of rotatable bonds is 9. The number of sulfonamides is 1. The average Bonchev–Trinajstić information content (AvgIpc) is 3.40. The number of nitrogens with one attached hydrogen (secondary N) is 1. The van der Waals surface area contributed by atoms with Crippen LogP contribution in [0.3, 0.4) is 0 Å². The molecule has 1 fully saturated rings. The molecule has 1 saturated carbocycles. The number of benzene rings is 3. The number of hydrogen-bond acceptors (Lipinski definition) is 4. The lowest BCUT2D eigenvalue weighted by atomic mass is 10.1. The monoisotopic (exact) mass is 541 g/mol. The van der Waals surface area contributed by atoms with E-state index in [1.165, 1.54) is 18.0 Å². The highest BCUT2D eigenvalue weighted by Gasteiger charge is 2.31. The molecule has 1 N–H and O–H groups in total. The highest BCUT2D eigenvalue weighted by molar-refractivity contribution is 7.89. The molecule has 0 bridgehead atoms. The molecule has 1 aliphatic rings. The Morgan fingerprint density at radius 3 is 2.35 bits per heavy atom. The summed E-state index contributed by atoms with van der Waals surface area (Å²) in [6, 6.07) is 18.8. The van der Waals surface area contributed by atoms with Crippen molar-refractivity contribution in [2.45, 2.75) is 56.1 Å². The molecular formula is C28H32ClN3O4S. The van der Waals surface area contributed by atoms with Crippen LogP contribution < -0.4 is 5.32 Å². The zero-order chi connectivity index (χ0) is 26.6. The Kier molecular flexibility index (Phi) is 8.52. The lowest BCUT2D eigenvalue weighted by Crippen LogP contribution is -2.52. The van der Waals surface area contributed by atoms with E-state index in [1.54, 1.807) is 37.3 Å². The number of carbonyl (C=O) groups excluding carboxylic acids is 2. The predicted molar refractivity (Wildman–Crippen MR) is 146 cm³/mol. The van der Waals surface area contributed by atoms with Crippen LogP contribution in [0.1, 0.15) is 38.2 Å². The Morgan fingerprint density at radius 2 is 1.65 bits per heavy atom. The van der Waals surface area contributed by atoms with Crippen LogP contribution in [0.15, 0.2) is 71.6 Å². The first-order valence-electron chi connectivity index (χ1n) is 12.4. The molecular weight excluding hydrogens is 510 g/mol. The fraction of sp³-hybridized carbons (Fsp3) is 0.357. The minimum atomic E-state index is -3.95. The normalized spacial score (nSPS) is 15.1. The van der Waals surface area contributed by atoms with Crippen molar-refractivity contribution in [2.75, 3.05) is 13.6 Å². The summed E-state index contributed by atoms with van der Waals surface area (Å²) in [5.41, 5.74) is 0.679. The van der Waals surface area contributed by atoms with Gasteiger partial charge in [-0.15, -0.1) is 0 Å². The minimum absolute atomic E-state index is 0.0849. The molecule has 1 unspecified atom stereocenters. The van der Waals surface area contributed by atoms with Crippen LogP contribution in [0.4, 0.5) is 0 Å². The third-order valence-electron chi connectivity index (χ3n) is 6.95. The van der Waals surface area contributed by atoms with E-state index in [-0.39, 0.29) is 23.4 Å². The molecule has 1 atom stereocenters. The Morgan fingerprint density at radius 1 is 1.00 bits per heavy atom. The number of hydrogen-bond donors (Lipinski definition) is 1. The van der Waals surface area contributed by atoms with E-state index in [1.807, 2.05) is 30.3 Å². The van der Waals surface area contributed by atoms with Gasteiger partial charge in [0.15, 0.2) is 0 Å². The second kappa shape index (κ2) is 11.6. The summed E-state index contributed by atoms with van der Waals surface area (Å²) in [6.07, 6.45) is 3.98. The Labute approximate surface area is 223 Å². The maximum Gasteiger partial charge on any atom is 0.243 e. The lowest BCUT2D eigenvalue weighted by molar-refractivity contribution is -0.140. The van der Waals surface area contributed by atoms with Crippen LogP contribution in [0.2, 0.25) is 5.02 Å². The molecule has 0 aromatic heterocycles. The Balaban J connectivity index is 1.55. The summed E-state index contributed by atoms with van der Waals surface area (Å²) < 4.78 is 27.7. The van der Waals surface area contributed by atoms with Crippen molar-refractivity contribution >= 4 is 44.2 Å². The summed E-state index contributed by atoms with van der Waals surface area (Å²) in [5, 5.41) is 5.23. The third kappa shape index (κ3) is 6.32. The fourth-order valence-electron chi connectivity index (χ4n) is 4.66. The van der Waals surface area contributed by atoms with Gasteiger partial charge in [0.25, 0.3) is 0 Å². The van der Waals surface area contributed by atoms with E-state index in [2.05, 4.69) is 5.32 Å². The number of likely N-dealkylation sites (N-methyl/N-ethyl adjacent to an activating group) is 1. The zero-order valence-electron chi connectivity index (χ0n) is 21.1. The van der Waals surface area contributed by atoms with E-state index in [9.17, 15) is 18.0 Å². The van der Waals surface area contributed by atoms with Gasteiger partial charge in [-0.25, -0.2) is 8.42 Å². The van der Waals surface area contributed by atoms with Crippen molar-refractivity contribution in [2.24, 2.45) is 0 Å². The largest absolute Gasteiger partial charge is 0.352 e. The summed E-state index contributed by atoms with van der Waals surface area (Å²) in [7, 11) is -2.57. The van der Waals surface area contributed by atoms with E-state index in [4.69, 9.17) is 11.6 Å². The molecule has 0 radical (unpaired) electrons. The molecule has 0 saturated heterocycles. The van der Waals surface area contributed by atoms with Gasteiger partial charge in [0.05, 0.1) is 11.4 Å². The lowest BCUT2D eigenvalue weighted by Gasteiger charge is -2.31. The first-order valence-corrected chi connectivity index (χ1v) is 14.3. The minimum Gasteiger partial charge on any atom is -0.352 e. The van der Waals surface area contributed by atoms with Crippen molar-refractivity contribution < 1.29 is 18.0 Å². The van der Waals surface area contributed by atoms with Crippen LogP contribution in [0.25, 0.3) is 10.8 Å². The quantitative estimate of drug-likeness (QED) is 0.429. The Bertz CT molecular complexity index is 1390. The van der Waals surface area contributed by atoms with Crippen LogP contribution in [-0.4, -0.2) is 55.1 Å². The molecule has 3 aromatic rings. The summed E-state index contributed by atoms with van der Waals surface area (Å²) >= 11 is 6.36. The highest BCUT2D eigenvalue weighted by Crippen LogP contribution is 2.23. The van der Waals surface area contributed by atoms with Crippen LogP contribution >= 0.6 is 11.6 Å². The fourth-order valence-corrected chi connectivity index (χ4v) is 6.01. The summed E-state index contributed by atoms with van der Waals surface area (Å²) in [5.74, 6) is -0.742. The summed E-state index contributed by atoms with van der Waals surface area (Å²) in [6.45, 7) is 1.33. The molecule has 7 nitrogen and oxygen atoms in total. The van der Waals surface area contributed by atoms with Gasteiger partial charge in [-0.2, -0.15) is 4.31 Å². The molecule has 0 heterocycles. The standard InChI is InChI=1S/C28H32ClN3O4S/c1-20(28(34)30-24-12-6-7-13-24)32(18-23-11-5-8-14-26(23)29)27(33)19-31(2)37(35,36)25-16-15-21-9-3-4-10-22(21)17-25/h3-5,8-11,14-17,20,24H,6-7,12-13,18-19H2,1-2H3,(H,30,34). The van der Waals surface area contributed by atoms with Crippen molar-refractivity contribution in [3.05, 3.63) is 77.3 Å². The number of fused-ring (bicyclic) bond motifs is 1. The van der Waals surface area contributed by atoms with Gasteiger partial charge in [0.2, 0.25) is 21.8 Å². The maximum atomic E-state index is 13.5.